The summed E-state index contributed by atoms with van der Waals surface area (Å²) in [6.45, 7) is 10.1. The van der Waals surface area contributed by atoms with Crippen LogP contribution in [-0.4, -0.2) is 41.6 Å². The molecule has 0 aliphatic rings. The summed E-state index contributed by atoms with van der Waals surface area (Å²) in [5, 5.41) is 10.1. The van der Waals surface area contributed by atoms with Gasteiger partial charge in [-0.3, -0.25) is 0 Å². The second kappa shape index (κ2) is 13.2. The number of primary sulfonamides is 2. The fourth-order valence-electron chi connectivity index (χ4n) is 3.29. The molecule has 0 amide bonds. The Bertz CT molecular complexity index is 644. The lowest BCUT2D eigenvalue weighted by molar-refractivity contribution is 0.120. The molecular formula is C20H44N2O5S2. The summed E-state index contributed by atoms with van der Waals surface area (Å²) in [5.41, 5.74) is 0.188. The van der Waals surface area contributed by atoms with E-state index in [2.05, 4.69) is 27.7 Å². The number of sulfonamides is 2. The van der Waals surface area contributed by atoms with Gasteiger partial charge in [-0.1, -0.05) is 47.0 Å². The SMILES string of the molecule is CC(C)(CCCCOCCCCC(C)(C)CCS(N)(=O)=O)CCCCS(N)(=O)=O. The zero-order chi connectivity index (χ0) is 22.6. The van der Waals surface area contributed by atoms with Crippen LogP contribution in [0.2, 0.25) is 0 Å². The average Bonchev–Trinajstić information content (AvgIpc) is 2.54. The van der Waals surface area contributed by atoms with E-state index in [1.165, 1.54) is 0 Å². The second-order valence-corrected chi connectivity index (χ2v) is 13.3. The van der Waals surface area contributed by atoms with Crippen LogP contribution in [0.25, 0.3) is 0 Å². The van der Waals surface area contributed by atoms with Gasteiger partial charge in [-0.25, -0.2) is 27.1 Å². The third kappa shape index (κ3) is 20.8. The Morgan fingerprint density at radius 3 is 1.38 bits per heavy atom. The molecule has 0 aromatic heterocycles. The molecule has 9 heteroatoms. The minimum Gasteiger partial charge on any atom is -0.381 e. The van der Waals surface area contributed by atoms with E-state index in [0.29, 0.717) is 12.8 Å². The monoisotopic (exact) mass is 456 g/mol. The lowest BCUT2D eigenvalue weighted by Crippen LogP contribution is -2.22. The second-order valence-electron chi connectivity index (χ2n) is 9.80. The van der Waals surface area contributed by atoms with Crippen molar-refractivity contribution in [2.45, 2.75) is 91.9 Å². The van der Waals surface area contributed by atoms with Crippen LogP contribution in [0, 0.1) is 10.8 Å². The fourth-order valence-corrected chi connectivity index (χ4v) is 4.74. The average molecular weight is 457 g/mol. The maximum atomic E-state index is 11.1. The van der Waals surface area contributed by atoms with Crippen LogP contribution in [0.4, 0.5) is 0 Å². The topological polar surface area (TPSA) is 130 Å². The van der Waals surface area contributed by atoms with Crippen LogP contribution in [0.3, 0.4) is 0 Å². The normalized spacial score (nSPS) is 13.7. The molecule has 0 saturated carbocycles. The zero-order valence-electron chi connectivity index (χ0n) is 18.9. The first-order chi connectivity index (χ1) is 13.1. The van der Waals surface area contributed by atoms with Crippen molar-refractivity contribution in [1.29, 1.82) is 0 Å². The van der Waals surface area contributed by atoms with Gasteiger partial charge in [-0.15, -0.1) is 0 Å². The molecule has 0 fully saturated rings. The predicted octanol–water partition coefficient (Wildman–Crippen LogP) is 3.53. The molecule has 0 aromatic carbocycles. The van der Waals surface area contributed by atoms with E-state index in [0.717, 1.165) is 64.6 Å². The molecule has 0 aromatic rings. The van der Waals surface area contributed by atoms with Gasteiger partial charge in [0.25, 0.3) is 0 Å². The highest BCUT2D eigenvalue weighted by Gasteiger charge is 2.20. The molecule has 0 heterocycles. The summed E-state index contributed by atoms with van der Waals surface area (Å²) >= 11 is 0. The lowest BCUT2D eigenvalue weighted by atomic mass is 9.82. The molecule has 0 aliphatic heterocycles. The lowest BCUT2D eigenvalue weighted by Gasteiger charge is -2.24. The van der Waals surface area contributed by atoms with Gasteiger partial charge in [0, 0.05) is 13.2 Å². The number of unbranched alkanes of at least 4 members (excludes halogenated alkanes) is 3. The zero-order valence-corrected chi connectivity index (χ0v) is 20.5. The summed E-state index contributed by atoms with van der Waals surface area (Å²) in [6, 6.07) is 0. The van der Waals surface area contributed by atoms with Gasteiger partial charge < -0.3 is 4.74 Å². The number of nitrogens with two attached hydrogens (primary N) is 2. The van der Waals surface area contributed by atoms with Crippen LogP contribution in [0.15, 0.2) is 0 Å². The third-order valence-electron chi connectivity index (χ3n) is 5.38. The molecule has 0 bridgehead atoms. The molecule has 0 spiro atoms. The Balaban J connectivity index is 3.67. The van der Waals surface area contributed by atoms with E-state index in [1.807, 2.05) is 0 Å². The Labute approximate surface area is 179 Å². The molecule has 0 atom stereocenters. The van der Waals surface area contributed by atoms with Gasteiger partial charge >= 0.3 is 0 Å². The molecule has 176 valence electrons. The van der Waals surface area contributed by atoms with E-state index in [-0.39, 0.29) is 22.3 Å². The Morgan fingerprint density at radius 2 is 0.966 bits per heavy atom. The molecule has 0 radical (unpaired) electrons. The molecule has 4 N–H and O–H groups in total. The summed E-state index contributed by atoms with van der Waals surface area (Å²) in [5.74, 6) is 0.110. The highest BCUT2D eigenvalue weighted by molar-refractivity contribution is 7.89. The molecule has 0 aliphatic carbocycles. The Hall–Kier alpha value is -0.220. The van der Waals surface area contributed by atoms with Gasteiger partial charge in [0.2, 0.25) is 20.0 Å². The molecule has 29 heavy (non-hydrogen) atoms. The van der Waals surface area contributed by atoms with E-state index < -0.39 is 20.0 Å². The van der Waals surface area contributed by atoms with Crippen molar-refractivity contribution in [2.75, 3.05) is 24.7 Å². The smallest absolute Gasteiger partial charge is 0.209 e. The van der Waals surface area contributed by atoms with Gasteiger partial charge in [0.05, 0.1) is 11.5 Å². The van der Waals surface area contributed by atoms with Gasteiger partial charge in [0.15, 0.2) is 0 Å². The highest BCUT2D eigenvalue weighted by Crippen LogP contribution is 2.30. The maximum absolute atomic E-state index is 11.1. The van der Waals surface area contributed by atoms with Crippen LogP contribution >= 0.6 is 0 Å². The third-order valence-corrected chi connectivity index (χ3v) is 7.01. The van der Waals surface area contributed by atoms with Crippen molar-refractivity contribution in [3.05, 3.63) is 0 Å². The first-order valence-corrected chi connectivity index (χ1v) is 14.1. The molecule has 0 rings (SSSR count). The van der Waals surface area contributed by atoms with Crippen LogP contribution < -0.4 is 10.3 Å². The van der Waals surface area contributed by atoms with E-state index in [4.69, 9.17) is 15.0 Å². The quantitative estimate of drug-likeness (QED) is 0.305. The summed E-state index contributed by atoms with van der Waals surface area (Å²) in [7, 11) is -6.72. The van der Waals surface area contributed by atoms with Crippen molar-refractivity contribution in [1.82, 2.24) is 0 Å². The molecule has 0 unspecified atom stereocenters. The van der Waals surface area contributed by atoms with Gasteiger partial charge in [-0.05, 0) is 55.8 Å². The van der Waals surface area contributed by atoms with Gasteiger partial charge in [-0.2, -0.15) is 0 Å². The Morgan fingerprint density at radius 1 is 0.586 bits per heavy atom. The van der Waals surface area contributed by atoms with E-state index in [9.17, 15) is 16.8 Å². The Kier molecular flexibility index (Phi) is 13.1. The largest absolute Gasteiger partial charge is 0.381 e. The maximum Gasteiger partial charge on any atom is 0.209 e. The minimum absolute atomic E-state index is 0.0215. The number of ether oxygens (including phenoxy) is 1. The van der Waals surface area contributed by atoms with Gasteiger partial charge in [0.1, 0.15) is 0 Å². The van der Waals surface area contributed by atoms with E-state index >= 15 is 0 Å². The van der Waals surface area contributed by atoms with Crippen molar-refractivity contribution in [3.8, 4) is 0 Å². The van der Waals surface area contributed by atoms with Crippen LogP contribution in [0.5, 0.6) is 0 Å². The first kappa shape index (κ1) is 28.8. The minimum atomic E-state index is -3.38. The fraction of sp³-hybridized carbons (Fsp3) is 1.00. The predicted molar refractivity (Wildman–Crippen MR) is 120 cm³/mol. The number of hydrogen-bond donors (Lipinski definition) is 2. The van der Waals surface area contributed by atoms with Crippen molar-refractivity contribution < 1.29 is 21.6 Å². The van der Waals surface area contributed by atoms with Crippen molar-refractivity contribution in [2.24, 2.45) is 21.1 Å². The summed E-state index contributed by atoms with van der Waals surface area (Å²) in [4.78, 5) is 0. The molecular weight excluding hydrogens is 412 g/mol. The number of hydrogen-bond acceptors (Lipinski definition) is 5. The number of rotatable bonds is 18. The first-order valence-electron chi connectivity index (χ1n) is 10.7. The summed E-state index contributed by atoms with van der Waals surface area (Å²) < 4.78 is 49.8. The summed E-state index contributed by atoms with van der Waals surface area (Å²) in [6.07, 6.45) is 9.29. The van der Waals surface area contributed by atoms with E-state index in [1.54, 1.807) is 0 Å². The standard InChI is InChI=1S/C20H44N2O5S2/c1-19(2,13-7-10-17-28(21,23)24)11-5-8-15-27-16-9-6-12-20(3,4)14-18-29(22,25)26/h5-18H2,1-4H3,(H2,21,23,24)(H2,22,25,26). The molecule has 0 saturated heterocycles. The van der Waals surface area contributed by atoms with Crippen molar-refractivity contribution in [3.63, 3.8) is 0 Å². The molecule has 7 nitrogen and oxygen atoms in total. The van der Waals surface area contributed by atoms with Crippen LogP contribution in [0.1, 0.15) is 91.9 Å². The highest BCUT2D eigenvalue weighted by atomic mass is 32.2. The van der Waals surface area contributed by atoms with Crippen molar-refractivity contribution >= 4 is 20.0 Å². The van der Waals surface area contributed by atoms with Crippen LogP contribution in [-0.2, 0) is 24.8 Å².